The van der Waals surface area contributed by atoms with Crippen molar-refractivity contribution in [2.45, 2.75) is 38.6 Å². The van der Waals surface area contributed by atoms with Crippen LogP contribution in [0.1, 0.15) is 37.1 Å². The van der Waals surface area contributed by atoms with E-state index < -0.39 is 12.3 Å². The van der Waals surface area contributed by atoms with Gasteiger partial charge in [-0.2, -0.15) is 0 Å². The molecule has 6 heteroatoms. The van der Waals surface area contributed by atoms with Crippen LogP contribution < -0.4 is 14.2 Å². The lowest BCUT2D eigenvalue weighted by Crippen LogP contribution is -2.30. The standard InChI is InChI=1S/C23H27NO5/c1-15-22(25)24(13-16-9-11-18(12-10-16)28-14-17-7-8-17)23(29-15)21-19(26-2)5-4-6-20(21)27-3/h4-6,9-12,15,17,23H,7-8,13-14H2,1-3H3/t15?,23-/m1/s1. The summed E-state index contributed by atoms with van der Waals surface area (Å²) in [5.41, 5.74) is 1.73. The van der Waals surface area contributed by atoms with Gasteiger partial charge < -0.3 is 23.8 Å². The number of methoxy groups -OCH3 is 2. The van der Waals surface area contributed by atoms with Crippen molar-refractivity contribution in [2.24, 2.45) is 5.92 Å². The number of hydrogen-bond donors (Lipinski definition) is 0. The van der Waals surface area contributed by atoms with E-state index in [9.17, 15) is 4.79 Å². The molecule has 1 amide bonds. The minimum atomic E-state index is -0.575. The molecule has 1 saturated carbocycles. The van der Waals surface area contributed by atoms with Gasteiger partial charge in [0.25, 0.3) is 5.91 Å². The molecule has 2 fully saturated rings. The molecule has 1 aliphatic carbocycles. The molecule has 0 aromatic heterocycles. The molecule has 0 radical (unpaired) electrons. The smallest absolute Gasteiger partial charge is 0.254 e. The zero-order valence-electron chi connectivity index (χ0n) is 17.1. The largest absolute Gasteiger partial charge is 0.496 e. The Morgan fingerprint density at radius 3 is 2.28 bits per heavy atom. The summed E-state index contributed by atoms with van der Waals surface area (Å²) in [6.45, 7) is 2.98. The number of amides is 1. The Balaban J connectivity index is 1.55. The Kier molecular flexibility index (Phi) is 5.62. The average Bonchev–Trinajstić information content (AvgIpc) is 3.54. The molecule has 29 heavy (non-hydrogen) atoms. The van der Waals surface area contributed by atoms with Crippen molar-refractivity contribution >= 4 is 5.91 Å². The predicted molar refractivity (Wildman–Crippen MR) is 108 cm³/mol. The van der Waals surface area contributed by atoms with Crippen LogP contribution in [-0.4, -0.2) is 37.7 Å². The first-order valence-corrected chi connectivity index (χ1v) is 9.99. The second-order valence-electron chi connectivity index (χ2n) is 7.57. The molecule has 6 nitrogen and oxygen atoms in total. The van der Waals surface area contributed by atoms with E-state index >= 15 is 0 Å². The van der Waals surface area contributed by atoms with Crippen LogP contribution in [0.2, 0.25) is 0 Å². The molecule has 2 aromatic rings. The maximum atomic E-state index is 12.8. The van der Waals surface area contributed by atoms with Gasteiger partial charge in [0, 0.05) is 6.54 Å². The summed E-state index contributed by atoms with van der Waals surface area (Å²) in [6.07, 6.45) is 1.42. The van der Waals surface area contributed by atoms with Crippen LogP contribution in [0.15, 0.2) is 42.5 Å². The van der Waals surface area contributed by atoms with Crippen LogP contribution in [0.5, 0.6) is 17.2 Å². The maximum Gasteiger partial charge on any atom is 0.254 e. The average molecular weight is 397 g/mol. The lowest BCUT2D eigenvalue weighted by atomic mass is 10.1. The van der Waals surface area contributed by atoms with Gasteiger partial charge >= 0.3 is 0 Å². The molecule has 0 bridgehead atoms. The molecule has 154 valence electrons. The lowest BCUT2D eigenvalue weighted by molar-refractivity contribution is -0.130. The summed E-state index contributed by atoms with van der Waals surface area (Å²) in [4.78, 5) is 14.6. The maximum absolute atomic E-state index is 12.8. The Labute approximate surface area is 171 Å². The molecular formula is C23H27NO5. The van der Waals surface area contributed by atoms with Crippen LogP contribution in [0.25, 0.3) is 0 Å². The molecular weight excluding hydrogens is 370 g/mol. The van der Waals surface area contributed by atoms with Crippen LogP contribution in [0.4, 0.5) is 0 Å². The van der Waals surface area contributed by atoms with Gasteiger partial charge in [-0.3, -0.25) is 4.79 Å². The summed E-state index contributed by atoms with van der Waals surface area (Å²) >= 11 is 0. The van der Waals surface area contributed by atoms with Crippen LogP contribution in [-0.2, 0) is 16.1 Å². The van der Waals surface area contributed by atoms with Crippen LogP contribution in [0, 0.1) is 5.92 Å². The fourth-order valence-electron chi connectivity index (χ4n) is 3.57. The van der Waals surface area contributed by atoms with Gasteiger partial charge in [0.05, 0.1) is 26.4 Å². The first-order valence-electron chi connectivity index (χ1n) is 9.99. The SMILES string of the molecule is COc1cccc(OC)c1[C@H]1OC(C)C(=O)N1Cc1ccc(OCC2CC2)cc1. The summed E-state index contributed by atoms with van der Waals surface area (Å²) in [5, 5.41) is 0. The van der Waals surface area contributed by atoms with E-state index in [0.29, 0.717) is 24.0 Å². The van der Waals surface area contributed by atoms with Crippen LogP contribution in [0.3, 0.4) is 0 Å². The van der Waals surface area contributed by atoms with Gasteiger partial charge in [-0.1, -0.05) is 18.2 Å². The zero-order valence-corrected chi connectivity index (χ0v) is 17.1. The van der Waals surface area contributed by atoms with E-state index in [1.165, 1.54) is 12.8 Å². The normalized spacial score (nSPS) is 21.3. The fraction of sp³-hybridized carbons (Fsp3) is 0.435. The fourth-order valence-corrected chi connectivity index (χ4v) is 3.57. The molecule has 2 atom stereocenters. The van der Waals surface area contributed by atoms with Gasteiger partial charge in [0.2, 0.25) is 0 Å². The van der Waals surface area contributed by atoms with Gasteiger partial charge in [-0.25, -0.2) is 0 Å². The Hall–Kier alpha value is -2.73. The zero-order chi connectivity index (χ0) is 20.4. The highest BCUT2D eigenvalue weighted by atomic mass is 16.5. The number of benzene rings is 2. The molecule has 1 saturated heterocycles. The van der Waals surface area contributed by atoms with E-state index in [1.54, 1.807) is 26.0 Å². The molecule has 2 aliphatic rings. The highest BCUT2D eigenvalue weighted by Gasteiger charge is 2.41. The number of carbonyl (C=O) groups is 1. The van der Waals surface area contributed by atoms with Gasteiger partial charge in [-0.15, -0.1) is 0 Å². The number of ether oxygens (including phenoxy) is 4. The molecule has 0 N–H and O–H groups in total. The van der Waals surface area contributed by atoms with E-state index in [0.717, 1.165) is 23.5 Å². The van der Waals surface area contributed by atoms with Gasteiger partial charge in [0.15, 0.2) is 6.23 Å². The molecule has 0 spiro atoms. The number of rotatable bonds is 8. The molecule has 4 rings (SSSR count). The van der Waals surface area contributed by atoms with Crippen molar-refractivity contribution in [3.05, 3.63) is 53.6 Å². The van der Waals surface area contributed by atoms with Gasteiger partial charge in [-0.05, 0) is 55.5 Å². The van der Waals surface area contributed by atoms with E-state index in [4.69, 9.17) is 18.9 Å². The minimum Gasteiger partial charge on any atom is -0.496 e. The Morgan fingerprint density at radius 2 is 1.69 bits per heavy atom. The second-order valence-corrected chi connectivity index (χ2v) is 7.57. The summed E-state index contributed by atoms with van der Waals surface area (Å²) in [6, 6.07) is 13.5. The Morgan fingerprint density at radius 1 is 1.03 bits per heavy atom. The van der Waals surface area contributed by atoms with Crippen molar-refractivity contribution in [3.63, 3.8) is 0 Å². The monoisotopic (exact) mass is 397 g/mol. The summed E-state index contributed by atoms with van der Waals surface area (Å²) in [5.74, 6) is 2.78. The molecule has 1 heterocycles. The van der Waals surface area contributed by atoms with E-state index in [2.05, 4.69) is 0 Å². The van der Waals surface area contributed by atoms with Gasteiger partial charge in [0.1, 0.15) is 23.4 Å². The first kappa shape index (κ1) is 19.6. The first-order chi connectivity index (χ1) is 14.1. The lowest BCUT2D eigenvalue weighted by Gasteiger charge is -2.26. The second kappa shape index (κ2) is 8.33. The Bertz CT molecular complexity index is 840. The predicted octanol–water partition coefficient (Wildman–Crippen LogP) is 3.94. The number of nitrogens with zero attached hydrogens (tertiary/aromatic N) is 1. The van der Waals surface area contributed by atoms with E-state index in [1.807, 2.05) is 42.5 Å². The van der Waals surface area contributed by atoms with Crippen molar-refractivity contribution in [1.82, 2.24) is 4.90 Å². The third-order valence-electron chi connectivity index (χ3n) is 5.42. The van der Waals surface area contributed by atoms with Crippen molar-refractivity contribution < 1.29 is 23.7 Å². The molecule has 1 unspecified atom stereocenters. The highest BCUT2D eigenvalue weighted by molar-refractivity contribution is 5.83. The highest BCUT2D eigenvalue weighted by Crippen LogP contribution is 2.42. The van der Waals surface area contributed by atoms with Crippen molar-refractivity contribution in [3.8, 4) is 17.2 Å². The third-order valence-corrected chi connectivity index (χ3v) is 5.42. The van der Waals surface area contributed by atoms with Crippen molar-refractivity contribution in [2.75, 3.05) is 20.8 Å². The molecule has 2 aromatic carbocycles. The van der Waals surface area contributed by atoms with E-state index in [-0.39, 0.29) is 5.91 Å². The summed E-state index contributed by atoms with van der Waals surface area (Å²) in [7, 11) is 3.20. The number of hydrogen-bond acceptors (Lipinski definition) is 5. The quantitative estimate of drug-likeness (QED) is 0.675. The van der Waals surface area contributed by atoms with Crippen molar-refractivity contribution in [1.29, 1.82) is 0 Å². The minimum absolute atomic E-state index is 0.0583. The third kappa shape index (κ3) is 4.17. The topological polar surface area (TPSA) is 57.2 Å². The number of carbonyl (C=O) groups excluding carboxylic acids is 1. The molecule has 1 aliphatic heterocycles. The summed E-state index contributed by atoms with van der Waals surface area (Å²) < 4.78 is 22.9. The van der Waals surface area contributed by atoms with Crippen LogP contribution >= 0.6 is 0 Å².